The zero-order valence-corrected chi connectivity index (χ0v) is 14.7. The minimum Gasteiger partial charge on any atom is -0.481 e. The van der Waals surface area contributed by atoms with Crippen LogP contribution in [0.5, 0.6) is 0 Å². The van der Waals surface area contributed by atoms with E-state index >= 15 is 0 Å². The summed E-state index contributed by atoms with van der Waals surface area (Å²) >= 11 is 0. The van der Waals surface area contributed by atoms with Crippen LogP contribution in [0.25, 0.3) is 0 Å². The number of aromatic nitrogens is 2. The average molecular weight is 345 g/mol. The zero-order chi connectivity index (χ0) is 17.5. The summed E-state index contributed by atoms with van der Waals surface area (Å²) in [6, 6.07) is 0. The van der Waals surface area contributed by atoms with Gasteiger partial charge in [-0.15, -0.1) is 0 Å². The van der Waals surface area contributed by atoms with E-state index in [4.69, 9.17) is 0 Å². The molecule has 1 aromatic rings. The number of amides is 1. The molecule has 1 heterocycles. The summed E-state index contributed by atoms with van der Waals surface area (Å²) in [5.74, 6) is 0.179. The Kier molecular flexibility index (Phi) is 4.08. The van der Waals surface area contributed by atoms with Gasteiger partial charge in [0, 0.05) is 30.3 Å². The molecule has 6 heteroatoms. The highest BCUT2D eigenvalue weighted by molar-refractivity contribution is 5.84. The number of hydrogen-bond donors (Lipinski definition) is 2. The van der Waals surface area contributed by atoms with Crippen LogP contribution in [0.1, 0.15) is 63.4 Å². The predicted octanol–water partition coefficient (Wildman–Crippen LogP) is 2.72. The Morgan fingerprint density at radius 3 is 2.36 bits per heavy atom. The van der Waals surface area contributed by atoms with Crippen LogP contribution in [0.2, 0.25) is 0 Å². The van der Waals surface area contributed by atoms with Gasteiger partial charge in [0.25, 0.3) is 0 Å². The predicted molar refractivity (Wildman–Crippen MR) is 91.6 cm³/mol. The third-order valence-electron chi connectivity index (χ3n) is 6.99. The molecule has 6 nitrogen and oxygen atoms in total. The van der Waals surface area contributed by atoms with Crippen molar-refractivity contribution in [3.8, 4) is 0 Å². The van der Waals surface area contributed by atoms with E-state index < -0.39 is 11.4 Å². The molecule has 2 bridgehead atoms. The van der Waals surface area contributed by atoms with Crippen molar-refractivity contribution in [2.24, 2.45) is 16.7 Å². The topological polar surface area (TPSA) is 84.2 Å². The second-order valence-electron chi connectivity index (χ2n) is 8.42. The highest BCUT2D eigenvalue weighted by Gasteiger charge is 2.55. The number of carbonyl (C=O) groups excluding carboxylic acids is 1. The van der Waals surface area contributed by atoms with E-state index in [1.54, 1.807) is 0 Å². The molecule has 5 rings (SSSR count). The summed E-state index contributed by atoms with van der Waals surface area (Å²) in [4.78, 5) is 24.3. The fraction of sp³-hybridized carbons (Fsp3) is 0.737. The molecule has 0 aliphatic heterocycles. The monoisotopic (exact) mass is 345 g/mol. The van der Waals surface area contributed by atoms with Crippen molar-refractivity contribution < 1.29 is 14.7 Å². The Balaban J connectivity index is 1.31. The fourth-order valence-corrected chi connectivity index (χ4v) is 4.75. The summed E-state index contributed by atoms with van der Waals surface area (Å²) in [5.41, 5.74) is 0.125. The van der Waals surface area contributed by atoms with Gasteiger partial charge in [-0.1, -0.05) is 6.42 Å². The molecule has 0 saturated heterocycles. The molecule has 4 aliphatic carbocycles. The second-order valence-corrected chi connectivity index (χ2v) is 8.42. The number of fused-ring (bicyclic) bond motifs is 3. The number of carbonyl (C=O) groups is 2. The van der Waals surface area contributed by atoms with Gasteiger partial charge in [-0.05, 0) is 57.3 Å². The first-order valence-corrected chi connectivity index (χ1v) is 9.55. The Labute approximate surface area is 148 Å². The lowest BCUT2D eigenvalue weighted by Gasteiger charge is -2.50. The molecule has 25 heavy (non-hydrogen) atoms. The van der Waals surface area contributed by atoms with Crippen molar-refractivity contribution in [1.29, 1.82) is 0 Å². The van der Waals surface area contributed by atoms with E-state index in [-0.39, 0.29) is 11.3 Å². The highest BCUT2D eigenvalue weighted by Crippen LogP contribution is 2.57. The van der Waals surface area contributed by atoms with E-state index in [0.717, 1.165) is 18.0 Å². The molecule has 1 amide bonds. The van der Waals surface area contributed by atoms with Gasteiger partial charge in [0.2, 0.25) is 5.91 Å². The number of nitrogens with zero attached hydrogens (tertiary/aromatic N) is 2. The average Bonchev–Trinajstić information content (AvgIpc) is 3.05. The molecule has 1 aromatic heterocycles. The van der Waals surface area contributed by atoms with Crippen LogP contribution in [-0.4, -0.2) is 26.8 Å². The molecular formula is C19H27N3O3. The minimum atomic E-state index is -0.680. The van der Waals surface area contributed by atoms with Gasteiger partial charge in [0.15, 0.2) is 0 Å². The Morgan fingerprint density at radius 1 is 1.16 bits per heavy atom. The first-order chi connectivity index (χ1) is 12.0. The lowest BCUT2D eigenvalue weighted by molar-refractivity contribution is -0.163. The normalized spacial score (nSPS) is 31.5. The van der Waals surface area contributed by atoms with Crippen LogP contribution in [0.15, 0.2) is 12.4 Å². The van der Waals surface area contributed by atoms with Crippen LogP contribution >= 0.6 is 0 Å². The summed E-state index contributed by atoms with van der Waals surface area (Å²) in [6.07, 6.45) is 11.8. The molecule has 0 radical (unpaired) electrons. The van der Waals surface area contributed by atoms with Gasteiger partial charge < -0.3 is 10.4 Å². The summed E-state index contributed by atoms with van der Waals surface area (Å²) in [6.45, 7) is 1.49. The van der Waals surface area contributed by atoms with Crippen molar-refractivity contribution in [2.75, 3.05) is 0 Å². The largest absolute Gasteiger partial charge is 0.481 e. The number of hydrogen-bond acceptors (Lipinski definition) is 3. The molecule has 0 spiro atoms. The van der Waals surface area contributed by atoms with Crippen molar-refractivity contribution >= 4 is 11.9 Å². The van der Waals surface area contributed by atoms with E-state index in [9.17, 15) is 14.7 Å². The molecule has 0 atom stereocenters. The quantitative estimate of drug-likeness (QED) is 0.830. The minimum absolute atomic E-state index is 0.0953. The molecule has 0 unspecified atom stereocenters. The van der Waals surface area contributed by atoms with Gasteiger partial charge >= 0.3 is 5.97 Å². The first-order valence-electron chi connectivity index (χ1n) is 9.55. The molecular weight excluding hydrogens is 318 g/mol. The first kappa shape index (κ1) is 16.6. The molecule has 4 fully saturated rings. The lowest BCUT2D eigenvalue weighted by atomic mass is 9.53. The number of nitrogens with one attached hydrogen (secondary N) is 1. The Hall–Kier alpha value is -1.85. The lowest BCUT2D eigenvalue weighted by Crippen LogP contribution is -2.52. The van der Waals surface area contributed by atoms with Gasteiger partial charge in [0.1, 0.15) is 0 Å². The Morgan fingerprint density at radius 2 is 1.80 bits per heavy atom. The van der Waals surface area contributed by atoms with Crippen LogP contribution < -0.4 is 5.32 Å². The van der Waals surface area contributed by atoms with Gasteiger partial charge in [0.05, 0.1) is 11.6 Å². The fourth-order valence-electron chi connectivity index (χ4n) is 4.75. The smallest absolute Gasteiger partial charge is 0.309 e. The molecule has 0 aromatic carbocycles. The van der Waals surface area contributed by atoms with E-state index in [0.29, 0.717) is 45.1 Å². The number of aliphatic carboxylic acids is 1. The van der Waals surface area contributed by atoms with Crippen LogP contribution in [0.3, 0.4) is 0 Å². The van der Waals surface area contributed by atoms with Crippen molar-refractivity contribution in [3.63, 3.8) is 0 Å². The van der Waals surface area contributed by atoms with Crippen LogP contribution in [0, 0.1) is 16.7 Å². The maximum Gasteiger partial charge on any atom is 0.309 e. The van der Waals surface area contributed by atoms with Crippen LogP contribution in [-0.2, 0) is 22.7 Å². The number of rotatable bonds is 6. The highest BCUT2D eigenvalue weighted by atomic mass is 16.4. The molecule has 2 N–H and O–H groups in total. The maximum absolute atomic E-state index is 12.8. The molecule has 4 aliphatic rings. The van der Waals surface area contributed by atoms with Crippen molar-refractivity contribution in [3.05, 3.63) is 18.0 Å². The third kappa shape index (κ3) is 2.96. The standard InChI is InChI=1S/C19H27N3O3/c23-16(18-4-7-19(8-5-18,9-6-18)17(24)25)20-10-15-11-21-22(13-15)12-14-2-1-3-14/h11,13-14H,1-10,12H2,(H,20,23)(H,24,25). The van der Waals surface area contributed by atoms with E-state index in [1.165, 1.54) is 19.3 Å². The maximum atomic E-state index is 12.8. The van der Waals surface area contributed by atoms with Crippen molar-refractivity contribution in [1.82, 2.24) is 15.1 Å². The summed E-state index contributed by atoms with van der Waals surface area (Å²) in [5, 5.41) is 16.9. The number of carboxylic acids is 1. The third-order valence-corrected chi connectivity index (χ3v) is 6.99. The van der Waals surface area contributed by atoms with E-state index in [2.05, 4.69) is 10.4 Å². The van der Waals surface area contributed by atoms with E-state index in [1.807, 2.05) is 17.1 Å². The summed E-state index contributed by atoms with van der Waals surface area (Å²) in [7, 11) is 0. The summed E-state index contributed by atoms with van der Waals surface area (Å²) < 4.78 is 1.99. The molecule has 4 saturated carbocycles. The molecule has 136 valence electrons. The van der Waals surface area contributed by atoms with Gasteiger partial charge in [-0.2, -0.15) is 5.10 Å². The van der Waals surface area contributed by atoms with Gasteiger partial charge in [-0.25, -0.2) is 0 Å². The second kappa shape index (κ2) is 6.15. The SMILES string of the molecule is O=C(O)C12CCC(C(=O)NCc3cnn(CC4CCC4)c3)(CC1)CC2. The van der Waals surface area contributed by atoms with Crippen molar-refractivity contribution in [2.45, 2.75) is 70.9 Å². The zero-order valence-electron chi connectivity index (χ0n) is 14.7. The van der Waals surface area contributed by atoms with Gasteiger partial charge in [-0.3, -0.25) is 14.3 Å². The number of carboxylic acid groups (broad SMARTS) is 1. The Bertz CT molecular complexity index is 653. The van der Waals surface area contributed by atoms with Crippen LogP contribution in [0.4, 0.5) is 0 Å².